The minimum atomic E-state index is 0. The highest BCUT2D eigenvalue weighted by atomic mass is 14.3. The maximum absolute atomic E-state index is 3.85. The van der Waals surface area contributed by atoms with Gasteiger partial charge in [-0.1, -0.05) is 54.5 Å². The van der Waals surface area contributed by atoms with E-state index in [0.717, 1.165) is 18.3 Å². The van der Waals surface area contributed by atoms with E-state index in [9.17, 15) is 0 Å². The molecule has 86 valence electrons. The third-order valence-corrected chi connectivity index (χ3v) is 3.08. The van der Waals surface area contributed by atoms with Crippen molar-refractivity contribution >= 4 is 0 Å². The second-order valence-electron chi connectivity index (χ2n) is 5.12. The lowest BCUT2D eigenvalue weighted by molar-refractivity contribution is 0.146. The van der Waals surface area contributed by atoms with Gasteiger partial charge in [-0.05, 0) is 30.1 Å². The highest BCUT2D eigenvalue weighted by Crippen LogP contribution is 2.38. The molecule has 0 rings (SSSR count). The van der Waals surface area contributed by atoms with Crippen LogP contribution in [0.25, 0.3) is 0 Å². The van der Waals surface area contributed by atoms with Gasteiger partial charge in [-0.3, -0.25) is 0 Å². The number of rotatable bonds is 6. The van der Waals surface area contributed by atoms with E-state index in [2.05, 4.69) is 47.3 Å². The van der Waals surface area contributed by atoms with Gasteiger partial charge in [0.2, 0.25) is 0 Å². The van der Waals surface area contributed by atoms with Crippen molar-refractivity contribution in [3.05, 3.63) is 12.7 Å². The van der Waals surface area contributed by atoms with Crippen LogP contribution in [0.4, 0.5) is 0 Å². The Morgan fingerprint density at radius 1 is 1.29 bits per heavy atom. The van der Waals surface area contributed by atoms with Gasteiger partial charge in [0.15, 0.2) is 0 Å². The highest BCUT2D eigenvalue weighted by Gasteiger charge is 2.29. The Balaban J connectivity index is 0. The molecule has 1 atom stereocenters. The van der Waals surface area contributed by atoms with Gasteiger partial charge in [0, 0.05) is 0 Å². The van der Waals surface area contributed by atoms with Gasteiger partial charge in [-0.2, -0.15) is 0 Å². The van der Waals surface area contributed by atoms with Crippen LogP contribution in [-0.2, 0) is 0 Å². The van der Waals surface area contributed by atoms with Gasteiger partial charge >= 0.3 is 0 Å². The summed E-state index contributed by atoms with van der Waals surface area (Å²) in [7, 11) is 0. The first-order valence-corrected chi connectivity index (χ1v) is 5.56. The molecule has 0 spiro atoms. The summed E-state index contributed by atoms with van der Waals surface area (Å²) in [5.41, 5.74) is 0.423. The summed E-state index contributed by atoms with van der Waals surface area (Å²) < 4.78 is 0. The molecule has 0 aromatic carbocycles. The number of hydrogen-bond acceptors (Lipinski definition) is 0. The maximum Gasteiger partial charge on any atom is -0.0289 e. The predicted octanol–water partition coefficient (Wildman–Crippen LogP) is 5.30. The molecular weight excluding hydrogens is 168 g/mol. The maximum atomic E-state index is 3.85. The Morgan fingerprint density at radius 2 is 1.79 bits per heavy atom. The highest BCUT2D eigenvalue weighted by molar-refractivity contribution is 4.86. The first-order valence-electron chi connectivity index (χ1n) is 5.56. The van der Waals surface area contributed by atoms with Crippen molar-refractivity contribution < 1.29 is 0 Å². The number of hydrogen-bond donors (Lipinski definition) is 0. The van der Waals surface area contributed by atoms with Crippen LogP contribution in [0.2, 0.25) is 0 Å². The van der Waals surface area contributed by atoms with E-state index in [1.54, 1.807) is 0 Å². The van der Waals surface area contributed by atoms with E-state index < -0.39 is 0 Å². The van der Waals surface area contributed by atoms with Gasteiger partial charge in [-0.15, -0.1) is 6.58 Å². The van der Waals surface area contributed by atoms with Crippen LogP contribution >= 0.6 is 0 Å². The normalized spacial score (nSPS) is 13.6. The fourth-order valence-electron chi connectivity index (χ4n) is 2.46. The van der Waals surface area contributed by atoms with Crippen molar-refractivity contribution in [2.45, 2.75) is 61.3 Å². The molecule has 0 fully saturated rings. The Morgan fingerprint density at radius 3 is 2.07 bits per heavy atom. The molecule has 0 amide bonds. The third-order valence-electron chi connectivity index (χ3n) is 3.08. The molecule has 0 aliphatic rings. The molecule has 0 aliphatic heterocycles. The standard InChI is InChI=1S/C13H26.CH4/c1-7-9-12(11(3)4)13(5,6)10-8-2;/h8,11-12H,2,7,9-10H2,1,3-6H3;1H4/t12-;/m0./s1. The minimum Gasteiger partial charge on any atom is -0.103 e. The predicted molar refractivity (Wildman–Crippen MR) is 68.6 cm³/mol. The van der Waals surface area contributed by atoms with Gasteiger partial charge in [0.25, 0.3) is 0 Å². The van der Waals surface area contributed by atoms with Crippen molar-refractivity contribution in [2.24, 2.45) is 17.3 Å². The number of allylic oxidation sites excluding steroid dienone is 1. The molecular formula is C14H30. The van der Waals surface area contributed by atoms with Crippen LogP contribution < -0.4 is 0 Å². The average molecular weight is 198 g/mol. The van der Waals surface area contributed by atoms with Crippen molar-refractivity contribution in [1.29, 1.82) is 0 Å². The zero-order valence-electron chi connectivity index (χ0n) is 10.1. The largest absolute Gasteiger partial charge is 0.103 e. The van der Waals surface area contributed by atoms with Crippen LogP contribution in [0.1, 0.15) is 61.3 Å². The summed E-state index contributed by atoms with van der Waals surface area (Å²) in [6.07, 6.45) is 5.84. The van der Waals surface area contributed by atoms with Crippen molar-refractivity contribution in [1.82, 2.24) is 0 Å². The monoisotopic (exact) mass is 198 g/mol. The topological polar surface area (TPSA) is 0 Å². The molecule has 0 aromatic rings. The Bertz CT molecular complexity index is 142. The zero-order chi connectivity index (χ0) is 10.5. The summed E-state index contributed by atoms with van der Waals surface area (Å²) in [6.45, 7) is 15.5. The molecule has 0 nitrogen and oxygen atoms in total. The van der Waals surface area contributed by atoms with Crippen LogP contribution in [-0.4, -0.2) is 0 Å². The summed E-state index contributed by atoms with van der Waals surface area (Å²) >= 11 is 0. The third kappa shape index (κ3) is 4.83. The van der Waals surface area contributed by atoms with E-state index in [-0.39, 0.29) is 7.43 Å². The molecule has 0 unspecified atom stereocenters. The molecule has 0 N–H and O–H groups in total. The molecule has 0 saturated heterocycles. The fraction of sp³-hybridized carbons (Fsp3) is 0.857. The van der Waals surface area contributed by atoms with Gasteiger partial charge < -0.3 is 0 Å². The smallest absolute Gasteiger partial charge is 0.0289 e. The summed E-state index contributed by atoms with van der Waals surface area (Å²) in [6, 6.07) is 0. The zero-order valence-corrected chi connectivity index (χ0v) is 10.1. The second-order valence-corrected chi connectivity index (χ2v) is 5.12. The SMILES string of the molecule is C.C=CCC(C)(C)[C@@H](CCC)C(C)C. The van der Waals surface area contributed by atoms with Crippen molar-refractivity contribution in [3.8, 4) is 0 Å². The van der Waals surface area contributed by atoms with E-state index in [0.29, 0.717) is 5.41 Å². The first kappa shape index (κ1) is 16.2. The van der Waals surface area contributed by atoms with Crippen LogP contribution in [0.5, 0.6) is 0 Å². The van der Waals surface area contributed by atoms with Gasteiger partial charge in [0.05, 0.1) is 0 Å². The fourth-order valence-corrected chi connectivity index (χ4v) is 2.46. The minimum absolute atomic E-state index is 0. The van der Waals surface area contributed by atoms with Gasteiger partial charge in [-0.25, -0.2) is 0 Å². The average Bonchev–Trinajstić information content (AvgIpc) is 1.99. The lowest BCUT2D eigenvalue weighted by Gasteiger charge is -2.36. The molecule has 0 heteroatoms. The molecule has 0 aliphatic carbocycles. The molecule has 0 heterocycles. The molecule has 0 radical (unpaired) electrons. The molecule has 0 saturated carbocycles. The van der Waals surface area contributed by atoms with E-state index >= 15 is 0 Å². The van der Waals surface area contributed by atoms with Crippen molar-refractivity contribution in [3.63, 3.8) is 0 Å². The van der Waals surface area contributed by atoms with Crippen LogP contribution in [0.15, 0.2) is 12.7 Å². The Kier molecular flexibility index (Phi) is 8.19. The molecule has 0 aromatic heterocycles. The molecule has 14 heavy (non-hydrogen) atoms. The second kappa shape index (κ2) is 7.09. The van der Waals surface area contributed by atoms with Crippen LogP contribution in [0.3, 0.4) is 0 Å². The van der Waals surface area contributed by atoms with Crippen molar-refractivity contribution in [2.75, 3.05) is 0 Å². The van der Waals surface area contributed by atoms with Gasteiger partial charge in [0.1, 0.15) is 0 Å². The summed E-state index contributed by atoms with van der Waals surface area (Å²) in [4.78, 5) is 0. The summed E-state index contributed by atoms with van der Waals surface area (Å²) in [5, 5.41) is 0. The summed E-state index contributed by atoms with van der Waals surface area (Å²) in [5.74, 6) is 1.62. The Labute approximate surface area is 91.8 Å². The lowest BCUT2D eigenvalue weighted by atomic mass is 9.69. The quantitative estimate of drug-likeness (QED) is 0.508. The molecule has 0 bridgehead atoms. The first-order chi connectivity index (χ1) is 5.95. The lowest BCUT2D eigenvalue weighted by Crippen LogP contribution is -2.27. The van der Waals surface area contributed by atoms with E-state index in [4.69, 9.17) is 0 Å². The van der Waals surface area contributed by atoms with E-state index in [1.807, 2.05) is 0 Å². The van der Waals surface area contributed by atoms with E-state index in [1.165, 1.54) is 12.8 Å². The Hall–Kier alpha value is -0.260. The van der Waals surface area contributed by atoms with Crippen LogP contribution in [0, 0.1) is 17.3 Å².